The van der Waals surface area contributed by atoms with Crippen LogP contribution in [0.2, 0.25) is 0 Å². The minimum absolute atomic E-state index is 0.131. The predicted molar refractivity (Wildman–Crippen MR) is 64.2 cm³/mol. The van der Waals surface area contributed by atoms with Gasteiger partial charge in [-0.2, -0.15) is 0 Å². The fourth-order valence-electron chi connectivity index (χ4n) is 2.06. The Bertz CT molecular complexity index is 395. The average molecular weight is 219 g/mol. The Hall–Kier alpha value is -1.35. The number of aryl methyl sites for hydroxylation is 1. The molecule has 1 heterocycles. The normalized spacial score (nSPS) is 16.2. The van der Waals surface area contributed by atoms with Crippen LogP contribution in [0, 0.1) is 6.92 Å². The van der Waals surface area contributed by atoms with Crippen molar-refractivity contribution in [2.45, 2.75) is 13.8 Å². The van der Waals surface area contributed by atoms with E-state index in [4.69, 9.17) is 4.74 Å². The van der Waals surface area contributed by atoms with Gasteiger partial charge in [0.05, 0.1) is 13.2 Å². The summed E-state index contributed by atoms with van der Waals surface area (Å²) in [5, 5.41) is 0. The third-order valence-corrected chi connectivity index (χ3v) is 2.97. The Labute approximate surface area is 96.0 Å². The fourth-order valence-corrected chi connectivity index (χ4v) is 2.06. The summed E-state index contributed by atoms with van der Waals surface area (Å²) in [6.45, 7) is 7.02. The number of Topliss-reactive ketones (excluding diaryl/α,β-unsaturated/α-hetero) is 1. The first-order valence-electron chi connectivity index (χ1n) is 5.63. The zero-order valence-electron chi connectivity index (χ0n) is 9.82. The van der Waals surface area contributed by atoms with Crippen molar-refractivity contribution < 1.29 is 9.53 Å². The smallest absolute Gasteiger partial charge is 0.160 e. The van der Waals surface area contributed by atoms with Crippen LogP contribution in [-0.2, 0) is 4.74 Å². The van der Waals surface area contributed by atoms with E-state index in [2.05, 4.69) is 11.0 Å². The van der Waals surface area contributed by atoms with Gasteiger partial charge in [0.25, 0.3) is 0 Å². The third kappa shape index (κ3) is 2.25. The molecule has 0 spiro atoms. The molecule has 0 aliphatic carbocycles. The van der Waals surface area contributed by atoms with Gasteiger partial charge in [0.15, 0.2) is 5.78 Å². The Kier molecular flexibility index (Phi) is 3.25. The summed E-state index contributed by atoms with van der Waals surface area (Å²) in [5.41, 5.74) is 3.05. The molecule has 1 aliphatic rings. The maximum Gasteiger partial charge on any atom is 0.160 e. The Morgan fingerprint density at radius 3 is 2.56 bits per heavy atom. The van der Waals surface area contributed by atoms with E-state index in [-0.39, 0.29) is 5.78 Å². The molecular weight excluding hydrogens is 202 g/mol. The Morgan fingerprint density at radius 1 is 1.31 bits per heavy atom. The number of ether oxygens (including phenoxy) is 1. The quantitative estimate of drug-likeness (QED) is 0.713. The van der Waals surface area contributed by atoms with Gasteiger partial charge in [-0.05, 0) is 37.6 Å². The number of carbonyl (C=O) groups is 1. The van der Waals surface area contributed by atoms with Crippen LogP contribution in [0.15, 0.2) is 18.2 Å². The number of nitrogens with zero attached hydrogens (tertiary/aromatic N) is 1. The standard InChI is InChI=1S/C13H17NO2/c1-10-9-12(3-4-13(10)11(2)15)14-5-7-16-8-6-14/h3-4,9H,5-8H2,1-2H3. The van der Waals surface area contributed by atoms with Gasteiger partial charge in [0, 0.05) is 24.3 Å². The number of morpholine rings is 1. The van der Waals surface area contributed by atoms with Crippen molar-refractivity contribution in [2.75, 3.05) is 31.2 Å². The van der Waals surface area contributed by atoms with Crippen molar-refractivity contribution in [3.05, 3.63) is 29.3 Å². The van der Waals surface area contributed by atoms with Crippen LogP contribution in [0.3, 0.4) is 0 Å². The summed E-state index contributed by atoms with van der Waals surface area (Å²) in [6.07, 6.45) is 0. The number of rotatable bonds is 2. The zero-order chi connectivity index (χ0) is 11.5. The molecule has 3 nitrogen and oxygen atoms in total. The van der Waals surface area contributed by atoms with Crippen molar-refractivity contribution in [3.63, 3.8) is 0 Å². The van der Waals surface area contributed by atoms with Crippen LogP contribution < -0.4 is 4.90 Å². The van der Waals surface area contributed by atoms with E-state index >= 15 is 0 Å². The summed E-state index contributed by atoms with van der Waals surface area (Å²) < 4.78 is 5.32. The largest absolute Gasteiger partial charge is 0.378 e. The van der Waals surface area contributed by atoms with Crippen molar-refractivity contribution in [1.82, 2.24) is 0 Å². The first-order valence-corrected chi connectivity index (χ1v) is 5.63. The van der Waals surface area contributed by atoms with E-state index in [0.29, 0.717) is 0 Å². The number of hydrogen-bond donors (Lipinski definition) is 0. The molecule has 0 amide bonds. The number of benzene rings is 1. The molecule has 0 atom stereocenters. The minimum atomic E-state index is 0.131. The molecule has 86 valence electrons. The summed E-state index contributed by atoms with van der Waals surface area (Å²) in [5.74, 6) is 0.131. The second kappa shape index (κ2) is 4.66. The zero-order valence-corrected chi connectivity index (χ0v) is 9.82. The SMILES string of the molecule is CC(=O)c1ccc(N2CCOCC2)cc1C. The lowest BCUT2D eigenvalue weighted by Crippen LogP contribution is -2.36. The molecule has 1 aliphatic heterocycles. The molecular formula is C13H17NO2. The van der Waals surface area contributed by atoms with Crippen molar-refractivity contribution in [3.8, 4) is 0 Å². The highest BCUT2D eigenvalue weighted by molar-refractivity contribution is 5.95. The van der Waals surface area contributed by atoms with E-state index in [1.165, 1.54) is 5.69 Å². The highest BCUT2D eigenvalue weighted by Gasteiger charge is 2.12. The Balaban J connectivity index is 2.23. The number of carbonyl (C=O) groups excluding carboxylic acids is 1. The van der Waals surface area contributed by atoms with Gasteiger partial charge in [-0.25, -0.2) is 0 Å². The monoisotopic (exact) mass is 219 g/mol. The molecule has 1 fully saturated rings. The predicted octanol–water partition coefficient (Wildman–Crippen LogP) is 2.03. The van der Waals surface area contributed by atoms with Gasteiger partial charge < -0.3 is 9.64 Å². The number of anilines is 1. The van der Waals surface area contributed by atoms with Crippen LogP contribution in [-0.4, -0.2) is 32.1 Å². The van der Waals surface area contributed by atoms with E-state index in [9.17, 15) is 4.79 Å². The number of hydrogen-bond acceptors (Lipinski definition) is 3. The first-order chi connectivity index (χ1) is 7.68. The van der Waals surface area contributed by atoms with Crippen molar-refractivity contribution in [2.24, 2.45) is 0 Å². The van der Waals surface area contributed by atoms with Crippen LogP contribution in [0.1, 0.15) is 22.8 Å². The van der Waals surface area contributed by atoms with E-state index in [1.807, 2.05) is 19.1 Å². The highest BCUT2D eigenvalue weighted by Crippen LogP contribution is 2.20. The van der Waals surface area contributed by atoms with Gasteiger partial charge in [-0.3, -0.25) is 4.79 Å². The lowest BCUT2D eigenvalue weighted by molar-refractivity contribution is 0.101. The molecule has 2 rings (SSSR count). The summed E-state index contributed by atoms with van der Waals surface area (Å²) in [4.78, 5) is 13.6. The van der Waals surface area contributed by atoms with Gasteiger partial charge in [-0.1, -0.05) is 0 Å². The molecule has 0 N–H and O–H groups in total. The maximum atomic E-state index is 11.3. The van der Waals surface area contributed by atoms with Crippen LogP contribution >= 0.6 is 0 Å². The average Bonchev–Trinajstić information content (AvgIpc) is 2.29. The van der Waals surface area contributed by atoms with Crippen LogP contribution in [0.5, 0.6) is 0 Å². The second-order valence-electron chi connectivity index (χ2n) is 4.15. The molecule has 1 saturated heterocycles. The molecule has 0 aromatic heterocycles. The summed E-state index contributed by atoms with van der Waals surface area (Å²) in [7, 11) is 0. The van der Waals surface area contributed by atoms with Gasteiger partial charge >= 0.3 is 0 Å². The molecule has 1 aromatic rings. The van der Waals surface area contributed by atoms with Crippen LogP contribution in [0.4, 0.5) is 5.69 Å². The van der Waals surface area contributed by atoms with Gasteiger partial charge in [-0.15, -0.1) is 0 Å². The van der Waals surface area contributed by atoms with Gasteiger partial charge in [0.2, 0.25) is 0 Å². The molecule has 0 bridgehead atoms. The topological polar surface area (TPSA) is 29.5 Å². The molecule has 0 saturated carbocycles. The molecule has 3 heteroatoms. The van der Waals surface area contributed by atoms with Crippen LogP contribution in [0.25, 0.3) is 0 Å². The minimum Gasteiger partial charge on any atom is -0.378 e. The summed E-state index contributed by atoms with van der Waals surface area (Å²) >= 11 is 0. The van der Waals surface area contributed by atoms with E-state index < -0.39 is 0 Å². The third-order valence-electron chi connectivity index (χ3n) is 2.97. The molecule has 0 radical (unpaired) electrons. The number of ketones is 1. The Morgan fingerprint density at radius 2 is 2.00 bits per heavy atom. The molecule has 1 aromatic carbocycles. The lowest BCUT2D eigenvalue weighted by Gasteiger charge is -2.29. The van der Waals surface area contributed by atoms with Crippen molar-refractivity contribution >= 4 is 11.5 Å². The van der Waals surface area contributed by atoms with E-state index in [0.717, 1.165) is 37.4 Å². The molecule has 16 heavy (non-hydrogen) atoms. The highest BCUT2D eigenvalue weighted by atomic mass is 16.5. The van der Waals surface area contributed by atoms with Gasteiger partial charge in [0.1, 0.15) is 0 Å². The molecule has 0 unspecified atom stereocenters. The maximum absolute atomic E-state index is 11.3. The fraction of sp³-hybridized carbons (Fsp3) is 0.462. The second-order valence-corrected chi connectivity index (χ2v) is 4.15. The van der Waals surface area contributed by atoms with Crippen molar-refractivity contribution in [1.29, 1.82) is 0 Å². The first kappa shape index (κ1) is 11.1. The van der Waals surface area contributed by atoms with E-state index in [1.54, 1.807) is 6.92 Å². The summed E-state index contributed by atoms with van der Waals surface area (Å²) in [6, 6.07) is 6.03. The lowest BCUT2D eigenvalue weighted by atomic mass is 10.0.